The van der Waals surface area contributed by atoms with E-state index in [1.54, 1.807) is 43.3 Å². The highest BCUT2D eigenvalue weighted by molar-refractivity contribution is 7.89. The minimum Gasteiger partial charge on any atom is -0.453 e. The van der Waals surface area contributed by atoms with Crippen LogP contribution in [0.4, 0.5) is 32.4 Å². The van der Waals surface area contributed by atoms with E-state index in [9.17, 15) is 35.6 Å². The van der Waals surface area contributed by atoms with Gasteiger partial charge in [-0.2, -0.15) is 4.31 Å². The maximum Gasteiger partial charge on any atom is 0.573 e. The standard InChI is InChI=1S/C39H40ClF5N4O6S/c1-24-22-46-23-29(49(24)56(52,53)31-18-16-30(17-19-31)55-39(43,44)45)15-20-32-34(42)5-4-6-35(32)47-37(50)36(48(2)38(51)54-3)33(26-9-11-27(40)12-10-26)21-25-7-13-28(41)14-8-25/h4-14,16-19,24,29,33,36,46H,15,20-23H2,1-3H3,(H,47,50). The van der Waals surface area contributed by atoms with Crippen LogP contribution < -0.4 is 15.4 Å². The van der Waals surface area contributed by atoms with Crippen molar-refractivity contribution >= 4 is 39.3 Å². The minimum atomic E-state index is -4.95. The predicted molar refractivity (Wildman–Crippen MR) is 200 cm³/mol. The molecule has 4 atom stereocenters. The highest BCUT2D eigenvalue weighted by atomic mass is 35.5. The second-order valence-corrected chi connectivity index (χ2v) is 15.6. The Bertz CT molecular complexity index is 2090. The van der Waals surface area contributed by atoms with Crippen LogP contribution in [0, 0.1) is 11.6 Å². The summed E-state index contributed by atoms with van der Waals surface area (Å²) in [5.41, 5.74) is 1.44. The SMILES string of the molecule is COC(=O)N(C)C(C(=O)Nc1cccc(F)c1CCC1CNCC(C)N1S(=O)(=O)c1ccc(OC(F)(F)F)cc1)C(Cc1ccc(F)cc1)c1ccc(Cl)cc1. The van der Waals surface area contributed by atoms with E-state index < -0.39 is 69.8 Å². The normalized spacial score (nSPS) is 17.4. The molecule has 2 amide bonds. The van der Waals surface area contributed by atoms with Gasteiger partial charge in [0.05, 0.1) is 12.0 Å². The number of rotatable bonds is 13. The Labute approximate surface area is 326 Å². The Hall–Kier alpha value is -4.77. The first kappa shape index (κ1) is 42.4. The molecule has 10 nitrogen and oxygen atoms in total. The van der Waals surface area contributed by atoms with Gasteiger partial charge in [-0.1, -0.05) is 41.9 Å². The van der Waals surface area contributed by atoms with E-state index in [2.05, 4.69) is 15.4 Å². The van der Waals surface area contributed by atoms with Crippen LogP contribution in [0.15, 0.2) is 95.9 Å². The van der Waals surface area contributed by atoms with Gasteiger partial charge in [0, 0.05) is 54.4 Å². The van der Waals surface area contributed by atoms with Gasteiger partial charge in [-0.15, -0.1) is 13.2 Å². The van der Waals surface area contributed by atoms with Crippen molar-refractivity contribution in [2.45, 2.75) is 61.5 Å². The van der Waals surface area contributed by atoms with Crippen LogP contribution >= 0.6 is 11.6 Å². The number of carbonyl (C=O) groups excluding carboxylic acids is 2. The molecule has 5 rings (SSSR count). The van der Waals surface area contributed by atoms with E-state index in [0.717, 1.165) is 36.3 Å². The number of ether oxygens (including phenoxy) is 2. The topological polar surface area (TPSA) is 117 Å². The van der Waals surface area contributed by atoms with Crippen LogP contribution in [-0.4, -0.2) is 81.4 Å². The molecular weight excluding hydrogens is 783 g/mol. The molecule has 4 unspecified atom stereocenters. The number of hydrogen-bond acceptors (Lipinski definition) is 7. The molecule has 4 aromatic rings. The van der Waals surface area contributed by atoms with E-state index >= 15 is 4.39 Å². The van der Waals surface area contributed by atoms with Crippen LogP contribution in [-0.2, 0) is 32.4 Å². The molecule has 300 valence electrons. The number of halogens is 6. The first-order chi connectivity index (χ1) is 26.5. The van der Waals surface area contributed by atoms with E-state index in [-0.39, 0.29) is 48.5 Å². The Kier molecular flexibility index (Phi) is 13.6. The fraction of sp³-hybridized carbons (Fsp3) is 0.333. The molecule has 0 aromatic heterocycles. The van der Waals surface area contributed by atoms with Gasteiger partial charge in [-0.05, 0) is 98.0 Å². The molecule has 1 aliphatic rings. The number of hydrogen-bond donors (Lipinski definition) is 2. The van der Waals surface area contributed by atoms with Crippen molar-refractivity contribution in [3.8, 4) is 5.75 Å². The molecule has 0 bridgehead atoms. The molecule has 0 radical (unpaired) electrons. The van der Waals surface area contributed by atoms with Crippen LogP contribution in [0.25, 0.3) is 0 Å². The minimum absolute atomic E-state index is 0.0422. The van der Waals surface area contributed by atoms with Crippen LogP contribution in [0.5, 0.6) is 5.75 Å². The molecule has 1 saturated heterocycles. The van der Waals surface area contributed by atoms with Gasteiger partial charge in [0.25, 0.3) is 0 Å². The van der Waals surface area contributed by atoms with Crippen molar-refractivity contribution in [2.24, 2.45) is 0 Å². The monoisotopic (exact) mass is 822 g/mol. The summed E-state index contributed by atoms with van der Waals surface area (Å²) in [7, 11) is -1.70. The van der Waals surface area contributed by atoms with Crippen molar-refractivity contribution in [1.29, 1.82) is 0 Å². The molecule has 4 aromatic carbocycles. The number of methoxy groups -OCH3 is 1. The average Bonchev–Trinajstić information content (AvgIpc) is 3.14. The van der Waals surface area contributed by atoms with Crippen molar-refractivity contribution in [1.82, 2.24) is 14.5 Å². The Morgan fingerprint density at radius 3 is 2.27 bits per heavy atom. The molecule has 17 heteroatoms. The summed E-state index contributed by atoms with van der Waals surface area (Å²) < 4.78 is 106. The van der Waals surface area contributed by atoms with Gasteiger partial charge in [-0.3, -0.25) is 9.69 Å². The lowest BCUT2D eigenvalue weighted by atomic mass is 9.84. The molecule has 56 heavy (non-hydrogen) atoms. The number of sulfonamides is 1. The number of benzene rings is 4. The number of anilines is 1. The molecule has 1 aliphatic heterocycles. The lowest BCUT2D eigenvalue weighted by Gasteiger charge is -2.40. The van der Waals surface area contributed by atoms with E-state index in [4.69, 9.17) is 16.3 Å². The summed E-state index contributed by atoms with van der Waals surface area (Å²) in [6, 6.07) is 17.8. The zero-order valence-electron chi connectivity index (χ0n) is 30.5. The first-order valence-corrected chi connectivity index (χ1v) is 19.3. The highest BCUT2D eigenvalue weighted by Gasteiger charge is 2.39. The summed E-state index contributed by atoms with van der Waals surface area (Å²) in [5.74, 6) is -3.13. The number of nitrogens with zero attached hydrogens (tertiary/aromatic N) is 2. The van der Waals surface area contributed by atoms with E-state index in [1.807, 2.05) is 0 Å². The summed E-state index contributed by atoms with van der Waals surface area (Å²) in [4.78, 5) is 28.3. The maximum absolute atomic E-state index is 15.7. The number of nitrogens with one attached hydrogen (secondary N) is 2. The zero-order chi connectivity index (χ0) is 40.8. The van der Waals surface area contributed by atoms with Crippen LogP contribution in [0.2, 0.25) is 5.02 Å². The third kappa shape index (κ3) is 10.3. The van der Waals surface area contributed by atoms with Gasteiger partial charge in [-0.25, -0.2) is 22.0 Å². The molecule has 0 spiro atoms. The average molecular weight is 823 g/mol. The maximum atomic E-state index is 15.7. The fourth-order valence-corrected chi connectivity index (χ4v) is 8.90. The smallest absolute Gasteiger partial charge is 0.453 e. The van der Waals surface area contributed by atoms with Crippen molar-refractivity contribution in [2.75, 3.05) is 32.6 Å². The number of amides is 2. The Morgan fingerprint density at radius 1 is 0.982 bits per heavy atom. The van der Waals surface area contributed by atoms with E-state index in [0.29, 0.717) is 16.1 Å². The van der Waals surface area contributed by atoms with E-state index in [1.165, 1.54) is 41.7 Å². The highest BCUT2D eigenvalue weighted by Crippen LogP contribution is 2.33. The molecule has 0 aliphatic carbocycles. The lowest BCUT2D eigenvalue weighted by molar-refractivity contribution is -0.274. The Morgan fingerprint density at radius 2 is 1.64 bits per heavy atom. The van der Waals surface area contributed by atoms with Gasteiger partial charge in [0.1, 0.15) is 23.4 Å². The largest absolute Gasteiger partial charge is 0.573 e. The number of likely N-dealkylation sites (N-methyl/N-ethyl adjacent to an activating group) is 1. The quantitative estimate of drug-likeness (QED) is 0.134. The third-order valence-corrected chi connectivity index (χ3v) is 11.9. The van der Waals surface area contributed by atoms with Gasteiger partial charge < -0.3 is 20.1 Å². The molecule has 1 fully saturated rings. The second kappa shape index (κ2) is 18.0. The van der Waals surface area contributed by atoms with Gasteiger partial charge in [0.15, 0.2) is 0 Å². The second-order valence-electron chi connectivity index (χ2n) is 13.3. The van der Waals surface area contributed by atoms with Crippen molar-refractivity contribution in [3.63, 3.8) is 0 Å². The van der Waals surface area contributed by atoms with Gasteiger partial charge in [0.2, 0.25) is 15.9 Å². The van der Waals surface area contributed by atoms with Crippen LogP contribution in [0.3, 0.4) is 0 Å². The van der Waals surface area contributed by atoms with Crippen molar-refractivity contribution in [3.05, 3.63) is 124 Å². The van der Waals surface area contributed by atoms with Crippen LogP contribution in [0.1, 0.15) is 36.0 Å². The lowest BCUT2D eigenvalue weighted by Crippen LogP contribution is -2.58. The van der Waals surface area contributed by atoms with Gasteiger partial charge >= 0.3 is 12.5 Å². The first-order valence-electron chi connectivity index (χ1n) is 17.5. The zero-order valence-corrected chi connectivity index (χ0v) is 32.1. The number of carbonyl (C=O) groups is 2. The number of alkyl halides is 3. The number of piperazine rings is 1. The third-order valence-electron chi connectivity index (χ3n) is 9.55. The fourth-order valence-electron chi connectivity index (χ4n) is 6.93. The summed E-state index contributed by atoms with van der Waals surface area (Å²) in [6.07, 6.45) is -5.57. The summed E-state index contributed by atoms with van der Waals surface area (Å²) >= 11 is 6.17. The molecule has 2 N–H and O–H groups in total. The molecular formula is C39H40ClF5N4O6S. The summed E-state index contributed by atoms with van der Waals surface area (Å²) in [5, 5.41) is 6.41. The summed E-state index contributed by atoms with van der Waals surface area (Å²) in [6.45, 7) is 2.15. The molecule has 1 heterocycles. The van der Waals surface area contributed by atoms with Crippen molar-refractivity contribution < 1.29 is 49.4 Å². The Balaban J connectivity index is 1.43. The molecule has 0 saturated carbocycles. The predicted octanol–water partition coefficient (Wildman–Crippen LogP) is 7.53.